The molecule has 0 N–H and O–H groups in total. The van der Waals surface area contributed by atoms with Gasteiger partial charge in [-0.15, -0.1) is 0 Å². The molecule has 0 spiro atoms. The first-order valence-corrected chi connectivity index (χ1v) is 7.57. The number of rotatable bonds is 12. The number of hydrogen-bond donors (Lipinski definition) is 0. The SMILES string of the molecule is CC/C=C\C/C=C\C/C=C\C/C=C\CCCCC(=O)[O-].[Na+]. The van der Waals surface area contributed by atoms with Gasteiger partial charge in [-0.05, 0) is 51.4 Å². The Morgan fingerprint density at radius 3 is 1.76 bits per heavy atom. The van der Waals surface area contributed by atoms with Crippen LogP contribution < -0.4 is 34.7 Å². The van der Waals surface area contributed by atoms with Crippen molar-refractivity contribution in [1.29, 1.82) is 0 Å². The van der Waals surface area contributed by atoms with E-state index in [0.717, 1.165) is 38.5 Å². The Morgan fingerprint density at radius 2 is 1.29 bits per heavy atom. The minimum Gasteiger partial charge on any atom is -0.550 e. The van der Waals surface area contributed by atoms with E-state index in [0.29, 0.717) is 6.42 Å². The summed E-state index contributed by atoms with van der Waals surface area (Å²) in [5, 5.41) is 10.2. The molecular formula is C18H27NaO2. The smallest absolute Gasteiger partial charge is 0.550 e. The number of carbonyl (C=O) groups excluding carboxylic acids is 1. The van der Waals surface area contributed by atoms with Crippen LogP contribution in [0.1, 0.15) is 58.3 Å². The van der Waals surface area contributed by atoms with Gasteiger partial charge >= 0.3 is 29.6 Å². The molecule has 112 valence electrons. The molecule has 0 aromatic rings. The van der Waals surface area contributed by atoms with Crippen molar-refractivity contribution in [2.45, 2.75) is 58.3 Å². The monoisotopic (exact) mass is 298 g/mol. The minimum atomic E-state index is -0.949. The third-order valence-electron chi connectivity index (χ3n) is 2.72. The average Bonchev–Trinajstić information content (AvgIpc) is 2.43. The first-order chi connectivity index (χ1) is 9.77. The second-order valence-corrected chi connectivity index (χ2v) is 4.62. The Balaban J connectivity index is 0. The summed E-state index contributed by atoms with van der Waals surface area (Å²) in [5.74, 6) is -0.949. The van der Waals surface area contributed by atoms with E-state index in [1.54, 1.807) is 0 Å². The van der Waals surface area contributed by atoms with E-state index in [1.165, 1.54) is 0 Å². The second-order valence-electron chi connectivity index (χ2n) is 4.62. The molecule has 0 bridgehead atoms. The van der Waals surface area contributed by atoms with Crippen LogP contribution in [0.15, 0.2) is 48.6 Å². The number of carbonyl (C=O) groups is 1. The predicted octanol–water partition coefficient (Wildman–Crippen LogP) is 1.11. The van der Waals surface area contributed by atoms with Gasteiger partial charge in [0.25, 0.3) is 0 Å². The molecule has 0 radical (unpaired) electrons. The van der Waals surface area contributed by atoms with Crippen molar-refractivity contribution in [3.8, 4) is 0 Å². The van der Waals surface area contributed by atoms with Crippen molar-refractivity contribution >= 4 is 5.97 Å². The second kappa shape index (κ2) is 19.4. The van der Waals surface area contributed by atoms with Crippen LogP contribution in [0.4, 0.5) is 0 Å². The Hall–Kier alpha value is -0.570. The molecule has 21 heavy (non-hydrogen) atoms. The van der Waals surface area contributed by atoms with Crippen LogP contribution in [0.25, 0.3) is 0 Å². The molecule has 0 heterocycles. The van der Waals surface area contributed by atoms with E-state index < -0.39 is 5.97 Å². The van der Waals surface area contributed by atoms with Crippen LogP contribution in [0.5, 0.6) is 0 Å². The molecule has 0 aliphatic heterocycles. The third kappa shape index (κ3) is 21.9. The van der Waals surface area contributed by atoms with Crippen LogP contribution in [0.2, 0.25) is 0 Å². The van der Waals surface area contributed by atoms with E-state index in [9.17, 15) is 9.90 Å². The summed E-state index contributed by atoms with van der Waals surface area (Å²) in [7, 11) is 0. The Bertz CT molecular complexity index is 341. The Morgan fingerprint density at radius 1 is 0.810 bits per heavy atom. The predicted molar refractivity (Wildman–Crippen MR) is 84.2 cm³/mol. The largest absolute Gasteiger partial charge is 1.00 e. The summed E-state index contributed by atoms with van der Waals surface area (Å²) in [5.41, 5.74) is 0. The van der Waals surface area contributed by atoms with E-state index >= 15 is 0 Å². The fourth-order valence-electron chi connectivity index (χ4n) is 1.63. The first-order valence-electron chi connectivity index (χ1n) is 7.57. The topological polar surface area (TPSA) is 40.1 Å². The van der Waals surface area contributed by atoms with Gasteiger partial charge in [-0.25, -0.2) is 0 Å². The molecule has 0 saturated heterocycles. The molecule has 0 rings (SSSR count). The van der Waals surface area contributed by atoms with Gasteiger partial charge in [-0.2, -0.15) is 0 Å². The van der Waals surface area contributed by atoms with Crippen molar-refractivity contribution in [2.75, 3.05) is 0 Å². The fraction of sp³-hybridized carbons (Fsp3) is 0.500. The van der Waals surface area contributed by atoms with E-state index in [4.69, 9.17) is 0 Å². The number of allylic oxidation sites excluding steroid dienone is 8. The maximum absolute atomic E-state index is 10.2. The van der Waals surface area contributed by atoms with Crippen LogP contribution in [-0.2, 0) is 4.79 Å². The zero-order valence-electron chi connectivity index (χ0n) is 13.6. The normalized spacial score (nSPS) is 11.9. The van der Waals surface area contributed by atoms with E-state index in [1.807, 2.05) is 0 Å². The first kappa shape index (κ1) is 22.7. The molecule has 3 heteroatoms. The van der Waals surface area contributed by atoms with Gasteiger partial charge in [0.15, 0.2) is 0 Å². The summed E-state index contributed by atoms with van der Waals surface area (Å²) in [6.45, 7) is 2.14. The van der Waals surface area contributed by atoms with Gasteiger partial charge < -0.3 is 9.90 Å². The van der Waals surface area contributed by atoms with Gasteiger partial charge in [-0.3, -0.25) is 0 Å². The van der Waals surface area contributed by atoms with Crippen LogP contribution >= 0.6 is 0 Å². The summed E-state index contributed by atoms with van der Waals surface area (Å²) >= 11 is 0. The molecule has 0 amide bonds. The van der Waals surface area contributed by atoms with Gasteiger partial charge in [0.1, 0.15) is 0 Å². The van der Waals surface area contributed by atoms with Crippen LogP contribution in [-0.4, -0.2) is 5.97 Å². The fourth-order valence-corrected chi connectivity index (χ4v) is 1.63. The van der Waals surface area contributed by atoms with Gasteiger partial charge in [-0.1, -0.05) is 55.5 Å². The van der Waals surface area contributed by atoms with E-state index in [2.05, 4.69) is 55.5 Å². The molecule has 0 aromatic carbocycles. The maximum Gasteiger partial charge on any atom is 1.00 e. The molecule has 0 aliphatic rings. The maximum atomic E-state index is 10.2. The molecule has 0 saturated carbocycles. The number of carboxylic acids is 1. The summed E-state index contributed by atoms with van der Waals surface area (Å²) in [6.07, 6.45) is 24.1. The summed E-state index contributed by atoms with van der Waals surface area (Å²) in [4.78, 5) is 10.2. The third-order valence-corrected chi connectivity index (χ3v) is 2.72. The molecular weight excluding hydrogens is 271 g/mol. The zero-order valence-corrected chi connectivity index (χ0v) is 15.6. The van der Waals surface area contributed by atoms with E-state index in [-0.39, 0.29) is 36.0 Å². The molecule has 2 nitrogen and oxygen atoms in total. The molecule has 0 atom stereocenters. The van der Waals surface area contributed by atoms with Gasteiger partial charge in [0, 0.05) is 5.97 Å². The Kier molecular flexibility index (Phi) is 21.0. The van der Waals surface area contributed by atoms with Gasteiger partial charge in [0.05, 0.1) is 0 Å². The summed E-state index contributed by atoms with van der Waals surface area (Å²) in [6, 6.07) is 0. The molecule has 0 aliphatic carbocycles. The number of aliphatic carboxylic acids is 1. The van der Waals surface area contributed by atoms with Crippen molar-refractivity contribution in [3.05, 3.63) is 48.6 Å². The van der Waals surface area contributed by atoms with Crippen LogP contribution in [0, 0.1) is 0 Å². The molecule has 0 fully saturated rings. The average molecular weight is 298 g/mol. The van der Waals surface area contributed by atoms with Crippen molar-refractivity contribution < 1.29 is 39.5 Å². The minimum absolute atomic E-state index is 0. The summed E-state index contributed by atoms with van der Waals surface area (Å²) < 4.78 is 0. The Labute approximate surface area is 152 Å². The number of hydrogen-bond acceptors (Lipinski definition) is 2. The molecule has 0 aromatic heterocycles. The van der Waals surface area contributed by atoms with Crippen molar-refractivity contribution in [1.82, 2.24) is 0 Å². The van der Waals surface area contributed by atoms with Crippen molar-refractivity contribution in [3.63, 3.8) is 0 Å². The van der Waals surface area contributed by atoms with Gasteiger partial charge in [0.2, 0.25) is 0 Å². The van der Waals surface area contributed by atoms with Crippen LogP contribution in [0.3, 0.4) is 0 Å². The zero-order chi connectivity index (χ0) is 14.9. The quantitative estimate of drug-likeness (QED) is 0.308. The standard InChI is InChI=1S/C18H28O2.Na/c1-2-3-4-5-6-7-8-9-10-11-12-13-14-15-16-17-18(19)20;/h3-4,6-7,9-10,12-13H,2,5,8,11,14-17H2,1H3,(H,19,20);/q;+1/p-1/b4-3-,7-6-,10-9-,13-12-;. The number of carboxylic acid groups (broad SMARTS) is 1. The number of unbranched alkanes of at least 4 members (excludes halogenated alkanes) is 2. The molecule has 0 unspecified atom stereocenters. The van der Waals surface area contributed by atoms with Crippen molar-refractivity contribution in [2.24, 2.45) is 0 Å².